The van der Waals surface area contributed by atoms with Crippen LogP contribution in [-0.4, -0.2) is 5.11 Å². The second-order valence-electron chi connectivity index (χ2n) is 4.98. The van der Waals surface area contributed by atoms with Gasteiger partial charge in [-0.25, -0.2) is 4.39 Å². The number of aliphatic hydroxyl groups excluding tert-OH is 1. The van der Waals surface area contributed by atoms with Gasteiger partial charge in [-0.05, 0) is 46.8 Å². The zero-order valence-electron chi connectivity index (χ0n) is 10.1. The van der Waals surface area contributed by atoms with Crippen molar-refractivity contribution in [1.29, 1.82) is 0 Å². The predicted molar refractivity (Wildman–Crippen MR) is 75.3 cm³/mol. The van der Waals surface area contributed by atoms with Crippen molar-refractivity contribution in [2.24, 2.45) is 5.92 Å². The van der Waals surface area contributed by atoms with Gasteiger partial charge in [-0.2, -0.15) is 0 Å². The van der Waals surface area contributed by atoms with Crippen molar-refractivity contribution in [2.75, 3.05) is 0 Å². The summed E-state index contributed by atoms with van der Waals surface area (Å²) in [6.45, 7) is 0. The van der Waals surface area contributed by atoms with E-state index in [0.29, 0.717) is 15.1 Å². The zero-order valence-corrected chi connectivity index (χ0v) is 12.5. The molecule has 1 unspecified atom stereocenters. The first kappa shape index (κ1) is 14.3. The van der Waals surface area contributed by atoms with E-state index >= 15 is 0 Å². The molecule has 0 bridgehead atoms. The van der Waals surface area contributed by atoms with E-state index in [-0.39, 0.29) is 11.7 Å². The van der Waals surface area contributed by atoms with Gasteiger partial charge in [-0.15, -0.1) is 0 Å². The lowest BCUT2D eigenvalue weighted by Crippen LogP contribution is -2.13. The molecule has 100 valence electrons. The average Bonchev–Trinajstić information content (AvgIpc) is 2.61. The predicted octanol–water partition coefficient (Wildman–Crippen LogP) is 5.25. The van der Waals surface area contributed by atoms with Gasteiger partial charge in [0.1, 0.15) is 5.82 Å². The van der Waals surface area contributed by atoms with Crippen LogP contribution in [0.1, 0.15) is 50.2 Å². The standard InChI is InChI=1S/C14H17BrClFO/c15-11-8-13(17)10(7-12(11)16)14(18)9-5-3-1-2-4-6-9/h7-9,14,18H,1-6H2. The van der Waals surface area contributed by atoms with E-state index in [9.17, 15) is 9.50 Å². The molecule has 1 saturated carbocycles. The lowest BCUT2D eigenvalue weighted by Gasteiger charge is -2.22. The van der Waals surface area contributed by atoms with Crippen LogP contribution in [0.15, 0.2) is 16.6 Å². The summed E-state index contributed by atoms with van der Waals surface area (Å²) >= 11 is 9.16. The minimum atomic E-state index is -0.742. The van der Waals surface area contributed by atoms with E-state index in [4.69, 9.17) is 11.6 Å². The van der Waals surface area contributed by atoms with Crippen LogP contribution in [0.4, 0.5) is 4.39 Å². The fourth-order valence-electron chi connectivity index (χ4n) is 2.65. The molecule has 2 rings (SSSR count). The van der Waals surface area contributed by atoms with Crippen molar-refractivity contribution >= 4 is 27.5 Å². The van der Waals surface area contributed by atoms with Crippen LogP contribution in [0.3, 0.4) is 0 Å². The van der Waals surface area contributed by atoms with Crippen LogP contribution in [0.25, 0.3) is 0 Å². The highest BCUT2D eigenvalue weighted by Gasteiger charge is 2.25. The van der Waals surface area contributed by atoms with E-state index in [1.54, 1.807) is 0 Å². The molecule has 18 heavy (non-hydrogen) atoms. The van der Waals surface area contributed by atoms with Crippen LogP contribution in [-0.2, 0) is 0 Å². The fourth-order valence-corrected chi connectivity index (χ4v) is 3.13. The Kier molecular flexibility index (Phi) is 5.05. The van der Waals surface area contributed by atoms with Crippen LogP contribution in [0.5, 0.6) is 0 Å². The van der Waals surface area contributed by atoms with E-state index in [0.717, 1.165) is 25.7 Å². The summed E-state index contributed by atoms with van der Waals surface area (Å²) < 4.78 is 14.4. The summed E-state index contributed by atoms with van der Waals surface area (Å²) in [4.78, 5) is 0. The van der Waals surface area contributed by atoms with Gasteiger partial charge in [-0.1, -0.05) is 37.3 Å². The van der Waals surface area contributed by atoms with E-state index in [1.165, 1.54) is 25.0 Å². The van der Waals surface area contributed by atoms with Gasteiger partial charge in [0.15, 0.2) is 0 Å². The number of aliphatic hydroxyl groups is 1. The van der Waals surface area contributed by atoms with Crippen LogP contribution >= 0.6 is 27.5 Å². The third-order valence-corrected chi connectivity index (χ3v) is 4.90. The summed E-state index contributed by atoms with van der Waals surface area (Å²) in [7, 11) is 0. The molecular formula is C14H17BrClFO. The summed E-state index contributed by atoms with van der Waals surface area (Å²) in [5.41, 5.74) is 0.329. The molecule has 1 nitrogen and oxygen atoms in total. The summed E-state index contributed by atoms with van der Waals surface area (Å²) in [5.74, 6) is -0.234. The minimum absolute atomic E-state index is 0.152. The van der Waals surface area contributed by atoms with E-state index in [2.05, 4.69) is 15.9 Å². The van der Waals surface area contributed by atoms with Gasteiger partial charge < -0.3 is 5.11 Å². The molecule has 1 aliphatic carbocycles. The SMILES string of the molecule is OC(c1cc(Cl)c(Br)cc1F)C1CCCCCC1. The molecule has 1 aromatic carbocycles. The Morgan fingerprint density at radius 3 is 2.44 bits per heavy atom. The number of rotatable bonds is 2. The van der Waals surface area contributed by atoms with Gasteiger partial charge in [0.05, 0.1) is 11.1 Å². The van der Waals surface area contributed by atoms with Gasteiger partial charge in [0.25, 0.3) is 0 Å². The number of hydrogen-bond donors (Lipinski definition) is 1. The third kappa shape index (κ3) is 3.25. The molecule has 0 aliphatic heterocycles. The van der Waals surface area contributed by atoms with Crippen molar-refractivity contribution in [1.82, 2.24) is 0 Å². The maximum atomic E-state index is 13.9. The van der Waals surface area contributed by atoms with Gasteiger partial charge in [0, 0.05) is 10.0 Å². The Labute approximate surface area is 120 Å². The van der Waals surface area contributed by atoms with E-state index in [1.807, 2.05) is 0 Å². The maximum absolute atomic E-state index is 13.9. The number of benzene rings is 1. The molecule has 1 N–H and O–H groups in total. The van der Waals surface area contributed by atoms with Crippen LogP contribution in [0.2, 0.25) is 5.02 Å². The van der Waals surface area contributed by atoms with Crippen LogP contribution < -0.4 is 0 Å². The third-order valence-electron chi connectivity index (χ3n) is 3.70. The quantitative estimate of drug-likeness (QED) is 0.578. The topological polar surface area (TPSA) is 20.2 Å². The average molecular weight is 336 g/mol. The zero-order chi connectivity index (χ0) is 13.1. The highest BCUT2D eigenvalue weighted by Crippen LogP contribution is 2.37. The first-order valence-corrected chi connectivity index (χ1v) is 7.59. The molecule has 1 aromatic rings. The smallest absolute Gasteiger partial charge is 0.130 e. The van der Waals surface area contributed by atoms with Crippen molar-refractivity contribution in [3.63, 3.8) is 0 Å². The fraction of sp³-hybridized carbons (Fsp3) is 0.571. The summed E-state index contributed by atoms with van der Waals surface area (Å²) in [6, 6.07) is 2.87. The molecule has 0 heterocycles. The largest absolute Gasteiger partial charge is 0.388 e. The highest BCUT2D eigenvalue weighted by atomic mass is 79.9. The van der Waals surface area contributed by atoms with E-state index < -0.39 is 6.10 Å². The van der Waals surface area contributed by atoms with Gasteiger partial charge in [0.2, 0.25) is 0 Å². The molecule has 0 amide bonds. The van der Waals surface area contributed by atoms with Gasteiger partial charge >= 0.3 is 0 Å². The lowest BCUT2D eigenvalue weighted by molar-refractivity contribution is 0.0952. The second-order valence-corrected chi connectivity index (χ2v) is 6.25. The monoisotopic (exact) mass is 334 g/mol. The molecule has 1 fully saturated rings. The van der Waals surface area contributed by atoms with Crippen molar-refractivity contribution < 1.29 is 9.50 Å². The molecule has 0 saturated heterocycles. The summed E-state index contributed by atoms with van der Waals surface area (Å²) in [5, 5.41) is 10.8. The number of halogens is 3. The first-order valence-electron chi connectivity index (χ1n) is 6.42. The Morgan fingerprint density at radius 1 is 1.22 bits per heavy atom. The molecule has 0 spiro atoms. The summed E-state index contributed by atoms with van der Waals surface area (Å²) in [6.07, 6.45) is 5.86. The Balaban J connectivity index is 2.21. The normalized spacial score (nSPS) is 19.6. The Bertz CT molecular complexity index is 417. The Morgan fingerprint density at radius 2 is 1.83 bits per heavy atom. The van der Waals surface area contributed by atoms with Crippen LogP contribution in [0, 0.1) is 11.7 Å². The van der Waals surface area contributed by atoms with Crippen molar-refractivity contribution in [2.45, 2.75) is 44.6 Å². The lowest BCUT2D eigenvalue weighted by atomic mass is 9.89. The molecule has 1 atom stereocenters. The second kappa shape index (κ2) is 6.36. The van der Waals surface area contributed by atoms with Crippen molar-refractivity contribution in [3.8, 4) is 0 Å². The molecule has 0 radical (unpaired) electrons. The van der Waals surface area contributed by atoms with Gasteiger partial charge in [-0.3, -0.25) is 0 Å². The maximum Gasteiger partial charge on any atom is 0.130 e. The van der Waals surface area contributed by atoms with Crippen molar-refractivity contribution in [3.05, 3.63) is 33.0 Å². The molecule has 1 aliphatic rings. The molecule has 0 aromatic heterocycles. The Hall–Kier alpha value is -0.120. The highest BCUT2D eigenvalue weighted by molar-refractivity contribution is 9.10. The first-order chi connectivity index (χ1) is 8.59. The molecular weight excluding hydrogens is 319 g/mol. The molecule has 4 heteroatoms. The number of hydrogen-bond acceptors (Lipinski definition) is 1. The minimum Gasteiger partial charge on any atom is -0.388 e.